The van der Waals surface area contributed by atoms with Gasteiger partial charge >= 0.3 is 5.69 Å². The smallest absolute Gasteiger partial charge is 0.346 e. The van der Waals surface area contributed by atoms with Gasteiger partial charge in [-0.3, -0.25) is 14.2 Å². The van der Waals surface area contributed by atoms with Gasteiger partial charge in [-0.15, -0.1) is 5.10 Å². The van der Waals surface area contributed by atoms with E-state index in [0.717, 1.165) is 9.25 Å². The number of amides is 1. The second-order valence-corrected chi connectivity index (χ2v) is 4.30. The van der Waals surface area contributed by atoms with Gasteiger partial charge in [-0.05, 0) is 6.42 Å². The Morgan fingerprint density at radius 2 is 2.06 bits per heavy atom. The van der Waals surface area contributed by atoms with Crippen molar-refractivity contribution < 1.29 is 4.79 Å². The Balaban J connectivity index is 2.22. The molecule has 1 aliphatic heterocycles. The molecule has 1 aromatic rings. The third-order valence-corrected chi connectivity index (χ3v) is 2.93. The maximum atomic E-state index is 11.8. The van der Waals surface area contributed by atoms with Crippen LogP contribution in [0.4, 0.5) is 5.82 Å². The third kappa shape index (κ3) is 2.27. The highest BCUT2D eigenvalue weighted by molar-refractivity contribution is 5.76. The molecule has 1 saturated heterocycles. The van der Waals surface area contributed by atoms with Crippen LogP contribution in [0.1, 0.15) is 12.8 Å². The molecule has 18 heavy (non-hydrogen) atoms. The highest BCUT2D eigenvalue weighted by Crippen LogP contribution is 2.06. The van der Waals surface area contributed by atoms with Gasteiger partial charge < -0.3 is 10.6 Å². The molecule has 0 spiro atoms. The largest absolute Gasteiger partial charge is 0.360 e. The van der Waals surface area contributed by atoms with Gasteiger partial charge in [0, 0.05) is 33.1 Å². The quantitative estimate of drug-likeness (QED) is 0.646. The summed E-state index contributed by atoms with van der Waals surface area (Å²) in [5.74, 6) is 0.134. The molecule has 0 saturated carbocycles. The standard InChI is InChI=1S/C10H15N5O3/c1-14-9(17)8(13-15(2)10(14)18)12-6-3-4-7(16)11-5-6/h6H,3-5H2,1-2H3,(H,11,16)(H,12,13). The van der Waals surface area contributed by atoms with Crippen molar-refractivity contribution in [2.45, 2.75) is 18.9 Å². The second kappa shape index (κ2) is 4.63. The first-order chi connectivity index (χ1) is 8.49. The number of rotatable bonds is 2. The molecule has 0 bridgehead atoms. The Bertz CT molecular complexity index is 578. The Hall–Kier alpha value is -2.12. The fraction of sp³-hybridized carbons (Fsp3) is 0.600. The van der Waals surface area contributed by atoms with E-state index >= 15 is 0 Å². The summed E-state index contributed by atoms with van der Waals surface area (Å²) in [6.45, 7) is 0.451. The Kier molecular flexibility index (Phi) is 3.17. The molecular weight excluding hydrogens is 238 g/mol. The molecule has 2 N–H and O–H groups in total. The molecule has 8 nitrogen and oxygen atoms in total. The van der Waals surface area contributed by atoms with E-state index in [2.05, 4.69) is 15.7 Å². The Labute approximate surface area is 103 Å². The fourth-order valence-corrected chi connectivity index (χ4v) is 1.84. The van der Waals surface area contributed by atoms with Crippen molar-refractivity contribution in [2.75, 3.05) is 11.9 Å². The van der Waals surface area contributed by atoms with E-state index in [1.807, 2.05) is 0 Å². The van der Waals surface area contributed by atoms with Gasteiger partial charge in [0.15, 0.2) is 0 Å². The lowest BCUT2D eigenvalue weighted by Gasteiger charge is -2.23. The Morgan fingerprint density at radius 3 is 2.67 bits per heavy atom. The number of anilines is 1. The molecule has 8 heteroatoms. The number of aromatic nitrogens is 3. The van der Waals surface area contributed by atoms with Crippen LogP contribution < -0.4 is 21.9 Å². The average Bonchev–Trinajstić information content (AvgIpc) is 2.36. The molecule has 0 aromatic carbocycles. The van der Waals surface area contributed by atoms with E-state index < -0.39 is 11.2 Å². The number of hydrogen-bond acceptors (Lipinski definition) is 5. The molecular formula is C10H15N5O3. The molecule has 98 valence electrons. The van der Waals surface area contributed by atoms with Crippen LogP contribution in [0.2, 0.25) is 0 Å². The number of hydrogen-bond donors (Lipinski definition) is 2. The van der Waals surface area contributed by atoms with Crippen LogP contribution >= 0.6 is 0 Å². The number of nitrogens with one attached hydrogen (secondary N) is 2. The minimum absolute atomic E-state index is 0.00868. The highest BCUT2D eigenvalue weighted by atomic mass is 16.2. The van der Waals surface area contributed by atoms with Crippen LogP contribution in [0, 0.1) is 0 Å². The van der Waals surface area contributed by atoms with Crippen LogP contribution in [0.15, 0.2) is 9.59 Å². The van der Waals surface area contributed by atoms with Gasteiger partial charge in [0.05, 0.1) is 0 Å². The van der Waals surface area contributed by atoms with Crippen LogP contribution in [0.3, 0.4) is 0 Å². The summed E-state index contributed by atoms with van der Waals surface area (Å²) in [7, 11) is 2.88. The zero-order chi connectivity index (χ0) is 13.3. The third-order valence-electron chi connectivity index (χ3n) is 2.93. The van der Waals surface area contributed by atoms with Crippen molar-refractivity contribution in [2.24, 2.45) is 14.1 Å². The van der Waals surface area contributed by atoms with Gasteiger partial charge in [0.1, 0.15) is 0 Å². The SMILES string of the molecule is Cn1nc(NC2CCC(=O)NC2)c(=O)n(C)c1=O. The maximum absolute atomic E-state index is 11.8. The fourth-order valence-electron chi connectivity index (χ4n) is 1.84. The van der Waals surface area contributed by atoms with Crippen LogP contribution in [0.25, 0.3) is 0 Å². The normalized spacial score (nSPS) is 19.4. The summed E-state index contributed by atoms with van der Waals surface area (Å²) in [4.78, 5) is 34.3. The minimum Gasteiger partial charge on any atom is -0.360 e. The van der Waals surface area contributed by atoms with Crippen LogP contribution in [-0.2, 0) is 18.9 Å². The average molecular weight is 253 g/mol. The molecule has 1 aliphatic rings. The van der Waals surface area contributed by atoms with E-state index in [0.29, 0.717) is 19.4 Å². The van der Waals surface area contributed by atoms with E-state index in [9.17, 15) is 14.4 Å². The lowest BCUT2D eigenvalue weighted by Crippen LogP contribution is -2.45. The summed E-state index contributed by atoms with van der Waals surface area (Å²) in [5.41, 5.74) is -0.933. The summed E-state index contributed by atoms with van der Waals surface area (Å²) >= 11 is 0. The van der Waals surface area contributed by atoms with Crippen molar-refractivity contribution in [3.8, 4) is 0 Å². The van der Waals surface area contributed by atoms with E-state index in [4.69, 9.17) is 0 Å². The molecule has 1 fully saturated rings. The first-order valence-electron chi connectivity index (χ1n) is 5.66. The second-order valence-electron chi connectivity index (χ2n) is 4.30. The molecule has 1 unspecified atom stereocenters. The lowest BCUT2D eigenvalue weighted by atomic mass is 10.1. The molecule has 0 radical (unpaired) electrons. The minimum atomic E-state index is -0.470. The zero-order valence-corrected chi connectivity index (χ0v) is 10.3. The van der Waals surface area contributed by atoms with Gasteiger partial charge in [-0.2, -0.15) is 0 Å². The summed E-state index contributed by atoms with van der Waals surface area (Å²) in [6.07, 6.45) is 1.06. The van der Waals surface area contributed by atoms with Crippen LogP contribution in [0.5, 0.6) is 0 Å². The first-order valence-corrected chi connectivity index (χ1v) is 5.66. The van der Waals surface area contributed by atoms with Crippen molar-refractivity contribution in [1.82, 2.24) is 19.7 Å². The molecule has 0 aliphatic carbocycles. The van der Waals surface area contributed by atoms with Crippen molar-refractivity contribution >= 4 is 11.7 Å². The zero-order valence-electron chi connectivity index (χ0n) is 10.3. The molecule has 1 atom stereocenters. The number of piperidine rings is 1. The van der Waals surface area contributed by atoms with Crippen molar-refractivity contribution in [3.05, 3.63) is 20.8 Å². The summed E-state index contributed by atoms with van der Waals surface area (Å²) < 4.78 is 2.10. The van der Waals surface area contributed by atoms with Crippen molar-refractivity contribution in [3.63, 3.8) is 0 Å². The predicted molar refractivity (Wildman–Crippen MR) is 64.4 cm³/mol. The molecule has 2 rings (SSSR count). The highest BCUT2D eigenvalue weighted by Gasteiger charge is 2.20. The molecule has 2 heterocycles. The van der Waals surface area contributed by atoms with Crippen molar-refractivity contribution in [1.29, 1.82) is 0 Å². The number of carbonyl (C=O) groups excluding carboxylic acids is 1. The molecule has 1 amide bonds. The summed E-state index contributed by atoms with van der Waals surface area (Å²) in [6, 6.07) is -0.0413. The topological polar surface area (TPSA) is 98.0 Å². The monoisotopic (exact) mass is 253 g/mol. The number of aryl methyl sites for hydroxylation is 1. The van der Waals surface area contributed by atoms with Gasteiger partial charge in [-0.1, -0.05) is 0 Å². The Morgan fingerprint density at radius 1 is 1.33 bits per heavy atom. The van der Waals surface area contributed by atoms with Crippen LogP contribution in [-0.4, -0.2) is 32.8 Å². The van der Waals surface area contributed by atoms with Gasteiger partial charge in [-0.25, -0.2) is 9.48 Å². The predicted octanol–water partition coefficient (Wildman–Crippen LogP) is -1.83. The van der Waals surface area contributed by atoms with Gasteiger partial charge in [0.25, 0.3) is 5.56 Å². The van der Waals surface area contributed by atoms with E-state index in [1.165, 1.54) is 14.1 Å². The maximum Gasteiger partial charge on any atom is 0.346 e. The van der Waals surface area contributed by atoms with E-state index in [1.54, 1.807) is 0 Å². The summed E-state index contributed by atoms with van der Waals surface area (Å²) in [5, 5.41) is 9.56. The number of nitrogens with zero attached hydrogens (tertiary/aromatic N) is 3. The van der Waals surface area contributed by atoms with Gasteiger partial charge in [0.2, 0.25) is 11.7 Å². The number of carbonyl (C=O) groups is 1. The first kappa shape index (κ1) is 12.3. The molecule has 1 aromatic heterocycles. The van der Waals surface area contributed by atoms with E-state index in [-0.39, 0.29) is 17.8 Å². The lowest BCUT2D eigenvalue weighted by molar-refractivity contribution is -0.122.